The Morgan fingerprint density at radius 1 is 1.09 bits per heavy atom. The summed E-state index contributed by atoms with van der Waals surface area (Å²) in [6.07, 6.45) is 0. The lowest BCUT2D eigenvalue weighted by Crippen LogP contribution is -2.41. The second-order valence-electron chi connectivity index (χ2n) is 6.71. The van der Waals surface area contributed by atoms with Crippen molar-refractivity contribution in [2.45, 2.75) is 38.9 Å². The van der Waals surface area contributed by atoms with Crippen molar-refractivity contribution in [1.29, 1.82) is 0 Å². The Hall–Kier alpha value is -1.49. The molecule has 3 aromatic rings. The van der Waals surface area contributed by atoms with E-state index in [1.54, 1.807) is 0 Å². The Bertz CT molecular complexity index is 1090. The molecule has 1 fully saturated rings. The van der Waals surface area contributed by atoms with Crippen LogP contribution in [0.2, 0.25) is 5.02 Å². The summed E-state index contributed by atoms with van der Waals surface area (Å²) in [7, 11) is -0.824. The largest absolute Gasteiger partial charge is 0.495 e. The number of rotatable bonds is 1. The van der Waals surface area contributed by atoms with Crippen LogP contribution in [0.15, 0.2) is 40.7 Å². The van der Waals surface area contributed by atoms with Gasteiger partial charge >= 0.3 is 7.12 Å². The zero-order valence-corrected chi connectivity index (χ0v) is 14.1. The minimum atomic E-state index is -0.824. The average Bonchev–Trinajstić information content (AvgIpc) is 3.01. The number of para-hydroxylation sites is 1. The lowest BCUT2D eigenvalue weighted by Gasteiger charge is -2.32. The first-order chi connectivity index (χ1) is 12.4. The van der Waals surface area contributed by atoms with Crippen molar-refractivity contribution in [3.63, 3.8) is 0 Å². The zero-order valence-electron chi connectivity index (χ0n) is 17.3. The predicted molar refractivity (Wildman–Crippen MR) is 94.4 cm³/mol. The maximum absolute atomic E-state index is 8.44. The fraction of sp³-hybridized carbons (Fsp3) is 0.333. The molecule has 0 N–H and O–H groups in total. The Balaban J connectivity index is 2.09. The van der Waals surface area contributed by atoms with Crippen molar-refractivity contribution >= 4 is 46.1 Å². The number of halogens is 1. The van der Waals surface area contributed by atoms with Crippen LogP contribution in [0.3, 0.4) is 0 Å². The molecule has 118 valence electrons. The first kappa shape index (κ1) is 11.1. The van der Waals surface area contributed by atoms with Gasteiger partial charge in [0.05, 0.1) is 21.7 Å². The lowest BCUT2D eigenvalue weighted by atomic mass is 9.76. The van der Waals surface area contributed by atoms with Crippen LogP contribution in [-0.2, 0) is 9.31 Å². The number of benzene rings is 2. The molecule has 2 aromatic carbocycles. The van der Waals surface area contributed by atoms with Crippen LogP contribution in [0.5, 0.6) is 0 Å². The molecule has 1 saturated heterocycles. The summed E-state index contributed by atoms with van der Waals surface area (Å²) in [5.74, 6) is 0. The van der Waals surface area contributed by atoms with Gasteiger partial charge in [0.25, 0.3) is 0 Å². The number of fused-ring (bicyclic) bond motifs is 3. The van der Waals surface area contributed by atoms with Crippen LogP contribution in [0.4, 0.5) is 0 Å². The minimum Gasteiger partial charge on any atom is -0.455 e. The van der Waals surface area contributed by atoms with Crippen LogP contribution in [0.25, 0.3) is 21.9 Å². The molecule has 0 unspecified atom stereocenters. The van der Waals surface area contributed by atoms with E-state index in [2.05, 4.69) is 0 Å². The van der Waals surface area contributed by atoms with Crippen molar-refractivity contribution < 1.29 is 19.2 Å². The van der Waals surface area contributed by atoms with Crippen LogP contribution >= 0.6 is 11.6 Å². The van der Waals surface area contributed by atoms with E-state index in [4.69, 9.17) is 30.8 Å². The topological polar surface area (TPSA) is 31.6 Å². The van der Waals surface area contributed by atoms with Crippen molar-refractivity contribution in [3.05, 3.63) is 41.3 Å². The van der Waals surface area contributed by atoms with Gasteiger partial charge in [-0.25, -0.2) is 0 Å². The van der Waals surface area contributed by atoms with Gasteiger partial charge in [0.15, 0.2) is 5.58 Å². The first-order valence-corrected chi connectivity index (χ1v) is 7.80. The quantitative estimate of drug-likeness (QED) is 0.613. The van der Waals surface area contributed by atoms with Crippen LogP contribution in [0.1, 0.15) is 33.2 Å². The van der Waals surface area contributed by atoms with E-state index in [0.29, 0.717) is 16.2 Å². The maximum Gasteiger partial charge on any atom is 0.495 e. The van der Waals surface area contributed by atoms with E-state index in [-0.39, 0.29) is 40.4 Å². The molecule has 23 heavy (non-hydrogen) atoms. The number of furan rings is 1. The number of hydrogen-bond acceptors (Lipinski definition) is 3. The SMILES string of the molecule is [2H]c1cc2c(oc3c([2H])cc([2H])c(B4OC(C)(C)C(C)(C)O4)c32)c(Cl)c1[2H]. The molecule has 2 heterocycles. The zero-order chi connectivity index (χ0) is 19.9. The summed E-state index contributed by atoms with van der Waals surface area (Å²) >= 11 is 6.23. The summed E-state index contributed by atoms with van der Waals surface area (Å²) in [5, 5.41) is 0.958. The highest BCUT2D eigenvalue weighted by atomic mass is 35.5. The van der Waals surface area contributed by atoms with Gasteiger partial charge in [0, 0.05) is 10.8 Å². The van der Waals surface area contributed by atoms with Crippen molar-refractivity contribution in [2.75, 3.05) is 0 Å². The van der Waals surface area contributed by atoms with Crippen LogP contribution in [-0.4, -0.2) is 18.3 Å². The second-order valence-corrected chi connectivity index (χ2v) is 7.09. The van der Waals surface area contributed by atoms with E-state index in [9.17, 15) is 0 Å². The molecule has 0 spiro atoms. The van der Waals surface area contributed by atoms with E-state index in [0.717, 1.165) is 0 Å². The predicted octanol–water partition coefficient (Wildman–Crippen LogP) is 4.54. The Labute approximate surface area is 146 Å². The fourth-order valence-electron chi connectivity index (χ4n) is 2.74. The molecule has 0 radical (unpaired) electrons. The molecule has 1 aliphatic heterocycles. The van der Waals surface area contributed by atoms with Gasteiger partial charge in [0.1, 0.15) is 5.58 Å². The van der Waals surface area contributed by atoms with Gasteiger partial charge < -0.3 is 13.7 Å². The Morgan fingerprint density at radius 3 is 2.48 bits per heavy atom. The monoisotopic (exact) mass is 332 g/mol. The van der Waals surface area contributed by atoms with Gasteiger partial charge in [-0.2, -0.15) is 0 Å². The normalized spacial score (nSPS) is 22.2. The summed E-state index contributed by atoms with van der Waals surface area (Å²) in [6, 6.07) is 2.77. The molecule has 0 saturated carbocycles. The lowest BCUT2D eigenvalue weighted by molar-refractivity contribution is 0.00578. The van der Waals surface area contributed by atoms with E-state index in [1.807, 2.05) is 27.7 Å². The Morgan fingerprint density at radius 2 is 1.78 bits per heavy atom. The third-order valence-corrected chi connectivity index (χ3v) is 5.00. The number of hydrogen-bond donors (Lipinski definition) is 0. The summed E-state index contributed by atoms with van der Waals surface area (Å²) < 4.78 is 50.6. The van der Waals surface area contributed by atoms with Gasteiger partial charge in [0.2, 0.25) is 0 Å². The molecule has 3 nitrogen and oxygen atoms in total. The smallest absolute Gasteiger partial charge is 0.455 e. The molecule has 4 rings (SSSR count). The molecular weight excluding hydrogens is 310 g/mol. The highest BCUT2D eigenvalue weighted by molar-refractivity contribution is 6.66. The molecule has 0 atom stereocenters. The van der Waals surface area contributed by atoms with Crippen LogP contribution < -0.4 is 5.46 Å². The Kier molecular flexibility index (Phi) is 2.30. The van der Waals surface area contributed by atoms with Crippen LogP contribution in [0, 0.1) is 0 Å². The maximum atomic E-state index is 8.44. The van der Waals surface area contributed by atoms with Crippen molar-refractivity contribution in [3.8, 4) is 0 Å². The minimum absolute atomic E-state index is 0.0134. The first-order valence-electron chi connectivity index (χ1n) is 9.42. The molecule has 1 aliphatic rings. The standard InChI is InChI=1S/C18H18BClO3/c1-17(2)18(3,4)23-19(22-17)12-8-6-10-14-15(12)11-7-5-9-13(20)16(11)21-14/h5-10H,1-4H3/i5D,8D,9D,10D. The molecule has 0 aliphatic carbocycles. The third-order valence-electron chi connectivity index (χ3n) is 4.73. The van der Waals surface area contributed by atoms with Gasteiger partial charge in [-0.15, -0.1) is 0 Å². The highest BCUT2D eigenvalue weighted by Gasteiger charge is 2.52. The summed E-state index contributed by atoms with van der Waals surface area (Å²) in [4.78, 5) is 0. The average molecular weight is 333 g/mol. The fourth-order valence-corrected chi connectivity index (χ4v) is 2.94. The van der Waals surface area contributed by atoms with Gasteiger partial charge in [-0.3, -0.25) is 0 Å². The second kappa shape index (κ2) is 4.76. The van der Waals surface area contributed by atoms with E-state index >= 15 is 0 Å². The summed E-state index contributed by atoms with van der Waals surface area (Å²) in [5.41, 5.74) is -0.293. The highest BCUT2D eigenvalue weighted by Crippen LogP contribution is 2.38. The van der Waals surface area contributed by atoms with Crippen molar-refractivity contribution in [1.82, 2.24) is 0 Å². The van der Waals surface area contributed by atoms with E-state index in [1.165, 1.54) is 12.1 Å². The summed E-state index contributed by atoms with van der Waals surface area (Å²) in [6.45, 7) is 7.69. The molecule has 0 bridgehead atoms. The third kappa shape index (κ3) is 2.13. The molecular formula is C18H18BClO3. The molecule has 1 aromatic heterocycles. The molecule has 5 heteroatoms. The van der Waals surface area contributed by atoms with E-state index < -0.39 is 18.3 Å². The molecule has 0 amide bonds. The van der Waals surface area contributed by atoms with Crippen molar-refractivity contribution in [2.24, 2.45) is 0 Å². The van der Waals surface area contributed by atoms with Gasteiger partial charge in [-0.05, 0) is 45.2 Å². The van der Waals surface area contributed by atoms with Gasteiger partial charge in [-0.1, -0.05) is 35.8 Å².